The molecular formula is C22H28N2O. The van der Waals surface area contributed by atoms with Gasteiger partial charge in [0.1, 0.15) is 6.10 Å². The number of likely N-dealkylation sites (tertiary alicyclic amines) is 1. The van der Waals surface area contributed by atoms with Crippen molar-refractivity contribution in [3.63, 3.8) is 0 Å². The van der Waals surface area contributed by atoms with Crippen molar-refractivity contribution < 1.29 is 4.74 Å². The SMILES string of the molecule is CC(C)N1CCC(Oc2ccc(C3Cc4ccccc4C3)cn2)CC1. The van der Waals surface area contributed by atoms with Crippen LogP contribution < -0.4 is 4.74 Å². The zero-order chi connectivity index (χ0) is 17.2. The topological polar surface area (TPSA) is 25.4 Å². The van der Waals surface area contributed by atoms with E-state index in [9.17, 15) is 0 Å². The van der Waals surface area contributed by atoms with E-state index in [1.807, 2.05) is 6.20 Å². The van der Waals surface area contributed by atoms with Gasteiger partial charge in [-0.3, -0.25) is 0 Å². The Morgan fingerprint density at radius 1 is 1.00 bits per heavy atom. The van der Waals surface area contributed by atoms with Crippen LogP contribution in [0.2, 0.25) is 0 Å². The van der Waals surface area contributed by atoms with E-state index in [-0.39, 0.29) is 0 Å². The lowest BCUT2D eigenvalue weighted by Gasteiger charge is -2.34. The molecule has 1 fully saturated rings. The Labute approximate surface area is 151 Å². The van der Waals surface area contributed by atoms with Crippen LogP contribution in [0.5, 0.6) is 5.88 Å². The standard InChI is InChI=1S/C22H28N2O/c1-16(2)24-11-9-21(10-12-24)25-22-8-7-19(15-23-22)20-13-17-5-3-4-6-18(17)14-20/h3-8,15-16,20-21H,9-14H2,1-2H3. The zero-order valence-electron chi connectivity index (χ0n) is 15.3. The molecule has 2 aliphatic rings. The van der Waals surface area contributed by atoms with Gasteiger partial charge in [0.25, 0.3) is 0 Å². The molecule has 1 aliphatic heterocycles. The monoisotopic (exact) mass is 336 g/mol. The molecule has 132 valence electrons. The summed E-state index contributed by atoms with van der Waals surface area (Å²) in [6, 6.07) is 13.7. The van der Waals surface area contributed by atoms with E-state index in [0.29, 0.717) is 18.1 Å². The molecule has 0 saturated carbocycles. The minimum Gasteiger partial charge on any atom is -0.474 e. The van der Waals surface area contributed by atoms with Crippen LogP contribution in [-0.2, 0) is 12.8 Å². The summed E-state index contributed by atoms with van der Waals surface area (Å²) in [7, 11) is 0. The van der Waals surface area contributed by atoms with Crippen molar-refractivity contribution in [2.45, 2.75) is 57.6 Å². The molecule has 3 heteroatoms. The number of pyridine rings is 1. The lowest BCUT2D eigenvalue weighted by Crippen LogP contribution is -2.41. The van der Waals surface area contributed by atoms with E-state index in [2.05, 4.69) is 60.1 Å². The van der Waals surface area contributed by atoms with Crippen molar-refractivity contribution in [3.05, 3.63) is 59.3 Å². The maximum atomic E-state index is 6.13. The molecular weight excluding hydrogens is 308 g/mol. The van der Waals surface area contributed by atoms with E-state index in [1.54, 1.807) is 0 Å². The fourth-order valence-electron chi connectivity index (χ4n) is 4.18. The number of rotatable bonds is 4. The first kappa shape index (κ1) is 16.6. The normalized spacial score (nSPS) is 19.3. The summed E-state index contributed by atoms with van der Waals surface area (Å²) in [6.45, 7) is 6.78. The van der Waals surface area contributed by atoms with Gasteiger partial charge in [0, 0.05) is 31.4 Å². The van der Waals surface area contributed by atoms with Gasteiger partial charge in [-0.25, -0.2) is 4.98 Å². The summed E-state index contributed by atoms with van der Waals surface area (Å²) < 4.78 is 6.13. The van der Waals surface area contributed by atoms with Gasteiger partial charge in [0.2, 0.25) is 5.88 Å². The number of hydrogen-bond donors (Lipinski definition) is 0. The van der Waals surface area contributed by atoms with Gasteiger partial charge in [0.05, 0.1) is 0 Å². The minimum absolute atomic E-state index is 0.309. The molecule has 3 nitrogen and oxygen atoms in total. The summed E-state index contributed by atoms with van der Waals surface area (Å²) in [5.74, 6) is 1.34. The average Bonchev–Trinajstić information content (AvgIpc) is 3.07. The Bertz CT molecular complexity index is 677. The van der Waals surface area contributed by atoms with Crippen LogP contribution in [0.25, 0.3) is 0 Å². The lowest BCUT2D eigenvalue weighted by molar-refractivity contribution is 0.0812. The Morgan fingerprint density at radius 3 is 2.24 bits per heavy atom. The van der Waals surface area contributed by atoms with E-state index in [0.717, 1.165) is 44.7 Å². The first-order chi connectivity index (χ1) is 12.2. The maximum absolute atomic E-state index is 6.13. The van der Waals surface area contributed by atoms with Gasteiger partial charge < -0.3 is 9.64 Å². The average molecular weight is 336 g/mol. The molecule has 1 aromatic carbocycles. The Hall–Kier alpha value is -1.87. The van der Waals surface area contributed by atoms with Crippen LogP contribution in [0.15, 0.2) is 42.6 Å². The third kappa shape index (κ3) is 3.72. The first-order valence-electron chi connectivity index (χ1n) is 9.62. The minimum atomic E-state index is 0.309. The molecule has 2 aromatic rings. The largest absolute Gasteiger partial charge is 0.474 e. The van der Waals surface area contributed by atoms with E-state index >= 15 is 0 Å². The second-order valence-corrected chi connectivity index (χ2v) is 7.75. The molecule has 0 spiro atoms. The van der Waals surface area contributed by atoms with Crippen molar-refractivity contribution in [2.24, 2.45) is 0 Å². The van der Waals surface area contributed by atoms with Gasteiger partial charge in [0.15, 0.2) is 0 Å². The van der Waals surface area contributed by atoms with Crippen LogP contribution in [0.4, 0.5) is 0 Å². The second kappa shape index (κ2) is 7.17. The Kier molecular flexibility index (Phi) is 4.76. The quantitative estimate of drug-likeness (QED) is 0.836. The molecule has 0 bridgehead atoms. The van der Waals surface area contributed by atoms with Gasteiger partial charge in [-0.15, -0.1) is 0 Å². The molecule has 0 amide bonds. The molecule has 4 rings (SSSR count). The highest BCUT2D eigenvalue weighted by atomic mass is 16.5. The molecule has 0 unspecified atom stereocenters. The highest BCUT2D eigenvalue weighted by molar-refractivity contribution is 5.37. The summed E-state index contributed by atoms with van der Waals surface area (Å²) in [4.78, 5) is 7.12. The maximum Gasteiger partial charge on any atom is 0.213 e. The van der Waals surface area contributed by atoms with E-state index in [4.69, 9.17) is 4.74 Å². The molecule has 0 atom stereocenters. The molecule has 25 heavy (non-hydrogen) atoms. The second-order valence-electron chi connectivity index (χ2n) is 7.75. The number of nitrogens with zero attached hydrogens (tertiary/aromatic N) is 2. The van der Waals surface area contributed by atoms with Gasteiger partial charge in [-0.05, 0) is 62.1 Å². The summed E-state index contributed by atoms with van der Waals surface area (Å²) in [6.07, 6.45) is 6.79. The van der Waals surface area contributed by atoms with Crippen LogP contribution in [-0.4, -0.2) is 35.1 Å². The molecule has 0 N–H and O–H groups in total. The van der Waals surface area contributed by atoms with Gasteiger partial charge in [-0.2, -0.15) is 0 Å². The fourth-order valence-corrected chi connectivity index (χ4v) is 4.18. The predicted molar refractivity (Wildman–Crippen MR) is 101 cm³/mol. The number of aromatic nitrogens is 1. The fraction of sp³-hybridized carbons (Fsp3) is 0.500. The van der Waals surface area contributed by atoms with Gasteiger partial charge >= 0.3 is 0 Å². The Balaban J connectivity index is 1.34. The lowest BCUT2D eigenvalue weighted by atomic mass is 9.98. The highest BCUT2D eigenvalue weighted by Gasteiger charge is 2.24. The summed E-state index contributed by atoms with van der Waals surface area (Å²) >= 11 is 0. The highest BCUT2D eigenvalue weighted by Crippen LogP contribution is 2.34. The molecule has 0 radical (unpaired) electrons. The summed E-state index contributed by atoms with van der Waals surface area (Å²) in [5, 5.41) is 0. The third-order valence-corrected chi connectivity index (χ3v) is 5.78. The van der Waals surface area contributed by atoms with Gasteiger partial charge in [-0.1, -0.05) is 30.3 Å². The number of piperidine rings is 1. The Morgan fingerprint density at radius 2 is 1.68 bits per heavy atom. The van der Waals surface area contributed by atoms with Crippen molar-refractivity contribution in [3.8, 4) is 5.88 Å². The zero-order valence-corrected chi connectivity index (χ0v) is 15.3. The van der Waals surface area contributed by atoms with Crippen molar-refractivity contribution in [1.29, 1.82) is 0 Å². The first-order valence-corrected chi connectivity index (χ1v) is 9.62. The molecule has 1 saturated heterocycles. The van der Waals surface area contributed by atoms with Crippen LogP contribution in [0.3, 0.4) is 0 Å². The number of ether oxygens (including phenoxy) is 1. The smallest absolute Gasteiger partial charge is 0.213 e. The third-order valence-electron chi connectivity index (χ3n) is 5.78. The van der Waals surface area contributed by atoms with E-state index < -0.39 is 0 Å². The molecule has 1 aliphatic carbocycles. The van der Waals surface area contributed by atoms with Crippen LogP contribution in [0, 0.1) is 0 Å². The number of benzene rings is 1. The molecule has 1 aromatic heterocycles. The van der Waals surface area contributed by atoms with Crippen LogP contribution >= 0.6 is 0 Å². The predicted octanol–water partition coefficient (Wildman–Crippen LogP) is 4.22. The number of hydrogen-bond acceptors (Lipinski definition) is 3. The van der Waals surface area contributed by atoms with Crippen molar-refractivity contribution in [2.75, 3.05) is 13.1 Å². The summed E-state index contributed by atoms with van der Waals surface area (Å²) in [5.41, 5.74) is 4.31. The van der Waals surface area contributed by atoms with Crippen molar-refractivity contribution in [1.82, 2.24) is 9.88 Å². The van der Waals surface area contributed by atoms with Crippen LogP contribution in [0.1, 0.15) is 49.3 Å². The number of fused-ring (bicyclic) bond motifs is 1. The van der Waals surface area contributed by atoms with Crippen molar-refractivity contribution >= 4 is 0 Å². The van der Waals surface area contributed by atoms with E-state index in [1.165, 1.54) is 16.7 Å². The molecule has 2 heterocycles.